The minimum absolute atomic E-state index is 0.0203. The molecule has 3 aromatic rings. The molecule has 1 amide bonds. The van der Waals surface area contributed by atoms with Crippen LogP contribution in [0.15, 0.2) is 48.8 Å². The van der Waals surface area contributed by atoms with Crippen LogP contribution in [0.2, 0.25) is 0 Å². The van der Waals surface area contributed by atoms with Crippen LogP contribution >= 0.6 is 0 Å². The number of pyridine rings is 1. The minimum atomic E-state index is 0.0203. The van der Waals surface area contributed by atoms with E-state index in [1.165, 1.54) is 6.42 Å². The predicted molar refractivity (Wildman–Crippen MR) is 103 cm³/mol. The summed E-state index contributed by atoms with van der Waals surface area (Å²) in [5, 5.41) is 0.976. The van der Waals surface area contributed by atoms with Crippen molar-refractivity contribution in [2.24, 2.45) is 5.73 Å². The summed E-state index contributed by atoms with van der Waals surface area (Å²) in [6.07, 6.45) is 7.09. The second kappa shape index (κ2) is 6.92. The fourth-order valence-corrected chi connectivity index (χ4v) is 3.57. The number of nitrogens with two attached hydrogens (primary N) is 1. The smallest absolute Gasteiger partial charge is 0.255 e. The quantitative estimate of drug-likeness (QED) is 0.785. The van der Waals surface area contributed by atoms with Crippen LogP contribution in [-0.4, -0.2) is 33.4 Å². The standard InChI is InChI=1S/C21H24N4O/c1-15(22)16-5-7-19(8-6-16)25-12-9-17-13-18(14-23-20(17)25)21(26)24-10-3-2-4-11-24/h5-9,12-15H,2-4,10-11,22H2,1H3. The van der Waals surface area contributed by atoms with E-state index < -0.39 is 0 Å². The molecule has 5 heteroatoms. The molecule has 2 N–H and O–H groups in total. The van der Waals surface area contributed by atoms with Gasteiger partial charge in [0.05, 0.1) is 5.56 Å². The van der Waals surface area contributed by atoms with Gasteiger partial charge in [0.15, 0.2) is 0 Å². The van der Waals surface area contributed by atoms with Gasteiger partial charge in [0.1, 0.15) is 5.65 Å². The Bertz CT molecular complexity index is 921. The van der Waals surface area contributed by atoms with Gasteiger partial charge in [-0.25, -0.2) is 4.98 Å². The average Bonchev–Trinajstić information content (AvgIpc) is 3.11. The second-order valence-corrected chi connectivity index (χ2v) is 7.06. The number of fused-ring (bicyclic) bond motifs is 1. The predicted octanol–water partition coefficient (Wildman–Crippen LogP) is 3.67. The fourth-order valence-electron chi connectivity index (χ4n) is 3.57. The third-order valence-electron chi connectivity index (χ3n) is 5.11. The molecule has 1 fully saturated rings. The molecule has 1 aromatic carbocycles. The highest BCUT2D eigenvalue weighted by molar-refractivity contribution is 5.97. The van der Waals surface area contributed by atoms with Crippen LogP contribution in [0.1, 0.15) is 48.1 Å². The highest BCUT2D eigenvalue weighted by atomic mass is 16.2. The summed E-state index contributed by atoms with van der Waals surface area (Å²) in [7, 11) is 0. The number of aromatic nitrogens is 2. The Balaban J connectivity index is 1.64. The van der Waals surface area contributed by atoms with Crippen LogP contribution in [0.25, 0.3) is 16.7 Å². The third kappa shape index (κ3) is 3.10. The fraction of sp³-hybridized carbons (Fsp3) is 0.333. The largest absolute Gasteiger partial charge is 0.339 e. The molecule has 3 heterocycles. The number of nitrogens with zero attached hydrogens (tertiary/aromatic N) is 3. The number of hydrogen-bond acceptors (Lipinski definition) is 3. The van der Waals surface area contributed by atoms with E-state index in [1.54, 1.807) is 6.20 Å². The zero-order chi connectivity index (χ0) is 18.1. The number of carbonyl (C=O) groups excluding carboxylic acids is 1. The molecule has 1 aliphatic heterocycles. The Kier molecular flexibility index (Phi) is 4.47. The molecule has 0 bridgehead atoms. The van der Waals surface area contributed by atoms with E-state index in [4.69, 9.17) is 5.73 Å². The molecule has 134 valence electrons. The van der Waals surface area contributed by atoms with Crippen LogP contribution in [0, 0.1) is 0 Å². The number of piperidine rings is 1. The minimum Gasteiger partial charge on any atom is -0.339 e. The molecule has 1 unspecified atom stereocenters. The van der Waals surface area contributed by atoms with Gasteiger partial charge in [0, 0.05) is 42.6 Å². The van der Waals surface area contributed by atoms with E-state index in [9.17, 15) is 4.79 Å². The Labute approximate surface area is 153 Å². The lowest BCUT2D eigenvalue weighted by Crippen LogP contribution is -2.35. The number of hydrogen-bond donors (Lipinski definition) is 1. The van der Waals surface area contributed by atoms with Crippen molar-refractivity contribution in [3.05, 3.63) is 59.9 Å². The zero-order valence-corrected chi connectivity index (χ0v) is 15.1. The van der Waals surface area contributed by atoms with Crippen molar-refractivity contribution in [3.63, 3.8) is 0 Å². The molecule has 26 heavy (non-hydrogen) atoms. The zero-order valence-electron chi connectivity index (χ0n) is 15.1. The maximum atomic E-state index is 12.7. The molecule has 5 nitrogen and oxygen atoms in total. The average molecular weight is 348 g/mol. The summed E-state index contributed by atoms with van der Waals surface area (Å²) in [4.78, 5) is 19.2. The van der Waals surface area contributed by atoms with Crippen LogP contribution in [-0.2, 0) is 0 Å². The van der Waals surface area contributed by atoms with Gasteiger partial charge in [0.25, 0.3) is 5.91 Å². The number of benzene rings is 1. The first-order valence-electron chi connectivity index (χ1n) is 9.26. The van der Waals surface area contributed by atoms with Crippen molar-refractivity contribution in [2.75, 3.05) is 13.1 Å². The Morgan fingerprint density at radius 1 is 1.12 bits per heavy atom. The number of amides is 1. The molecular formula is C21H24N4O. The second-order valence-electron chi connectivity index (χ2n) is 7.06. The number of likely N-dealkylation sites (tertiary alicyclic amines) is 1. The number of rotatable bonds is 3. The lowest BCUT2D eigenvalue weighted by atomic mass is 10.1. The first-order valence-corrected chi connectivity index (χ1v) is 9.26. The van der Waals surface area contributed by atoms with E-state index >= 15 is 0 Å². The molecule has 0 saturated carbocycles. The summed E-state index contributed by atoms with van der Waals surface area (Å²) in [6.45, 7) is 3.68. The van der Waals surface area contributed by atoms with Gasteiger partial charge in [-0.1, -0.05) is 12.1 Å². The van der Waals surface area contributed by atoms with Crippen molar-refractivity contribution in [2.45, 2.75) is 32.2 Å². The van der Waals surface area contributed by atoms with E-state index in [-0.39, 0.29) is 11.9 Å². The highest BCUT2D eigenvalue weighted by Gasteiger charge is 2.19. The molecule has 1 saturated heterocycles. The van der Waals surface area contributed by atoms with Crippen molar-refractivity contribution in [1.82, 2.24) is 14.5 Å². The Hall–Kier alpha value is -2.66. The molecule has 0 aliphatic carbocycles. The van der Waals surface area contributed by atoms with Crippen LogP contribution in [0.5, 0.6) is 0 Å². The van der Waals surface area contributed by atoms with Gasteiger partial charge in [-0.05, 0) is 56.0 Å². The molecule has 4 rings (SSSR count). The first kappa shape index (κ1) is 16.8. The summed E-state index contributed by atoms with van der Waals surface area (Å²) in [6, 6.07) is 12.2. The normalized spacial score (nSPS) is 16.0. The third-order valence-corrected chi connectivity index (χ3v) is 5.11. The molecular weight excluding hydrogens is 324 g/mol. The molecule has 2 aromatic heterocycles. The van der Waals surface area contributed by atoms with Crippen molar-refractivity contribution >= 4 is 16.9 Å². The van der Waals surface area contributed by atoms with Gasteiger partial charge in [-0.2, -0.15) is 0 Å². The van der Waals surface area contributed by atoms with Gasteiger partial charge < -0.3 is 15.2 Å². The summed E-state index contributed by atoms with van der Waals surface area (Å²) in [5.41, 5.74) is 9.59. The SMILES string of the molecule is CC(N)c1ccc(-n2ccc3cc(C(=O)N4CCCCC4)cnc32)cc1. The monoisotopic (exact) mass is 348 g/mol. The molecule has 1 atom stereocenters. The molecule has 0 radical (unpaired) electrons. The Morgan fingerprint density at radius 3 is 2.54 bits per heavy atom. The lowest BCUT2D eigenvalue weighted by molar-refractivity contribution is 0.0724. The van der Waals surface area contributed by atoms with E-state index in [2.05, 4.69) is 4.98 Å². The van der Waals surface area contributed by atoms with E-state index in [0.717, 1.165) is 48.2 Å². The molecule has 0 spiro atoms. The summed E-state index contributed by atoms with van der Waals surface area (Å²) < 4.78 is 2.04. The van der Waals surface area contributed by atoms with Crippen molar-refractivity contribution in [3.8, 4) is 5.69 Å². The van der Waals surface area contributed by atoms with Crippen LogP contribution in [0.4, 0.5) is 0 Å². The van der Waals surface area contributed by atoms with Gasteiger partial charge >= 0.3 is 0 Å². The highest BCUT2D eigenvalue weighted by Crippen LogP contribution is 2.22. The van der Waals surface area contributed by atoms with Gasteiger partial charge in [0.2, 0.25) is 0 Å². The maximum absolute atomic E-state index is 12.7. The van der Waals surface area contributed by atoms with Gasteiger partial charge in [-0.3, -0.25) is 4.79 Å². The Morgan fingerprint density at radius 2 is 1.85 bits per heavy atom. The van der Waals surface area contributed by atoms with Crippen molar-refractivity contribution in [1.29, 1.82) is 0 Å². The molecule has 1 aliphatic rings. The van der Waals surface area contributed by atoms with Gasteiger partial charge in [-0.15, -0.1) is 0 Å². The lowest BCUT2D eigenvalue weighted by Gasteiger charge is -2.26. The summed E-state index contributed by atoms with van der Waals surface area (Å²) >= 11 is 0. The summed E-state index contributed by atoms with van der Waals surface area (Å²) in [5.74, 6) is 0.0909. The van der Waals surface area contributed by atoms with E-state index in [0.29, 0.717) is 5.56 Å². The maximum Gasteiger partial charge on any atom is 0.255 e. The topological polar surface area (TPSA) is 64.2 Å². The van der Waals surface area contributed by atoms with Crippen LogP contribution in [0.3, 0.4) is 0 Å². The first-order chi connectivity index (χ1) is 12.6. The van der Waals surface area contributed by atoms with Crippen LogP contribution < -0.4 is 5.73 Å². The van der Waals surface area contributed by atoms with E-state index in [1.807, 2.05) is 59.0 Å². The number of carbonyl (C=O) groups is 1. The van der Waals surface area contributed by atoms with Crippen molar-refractivity contribution < 1.29 is 4.79 Å².